The monoisotopic (exact) mass is 360 g/mol. The van der Waals surface area contributed by atoms with E-state index >= 15 is 0 Å². The molecule has 134 valence electrons. The van der Waals surface area contributed by atoms with Crippen LogP contribution in [0.15, 0.2) is 48.5 Å². The molecule has 5 nitrogen and oxygen atoms in total. The van der Waals surface area contributed by atoms with E-state index in [2.05, 4.69) is 0 Å². The van der Waals surface area contributed by atoms with E-state index in [1.807, 2.05) is 50.2 Å². The van der Waals surface area contributed by atoms with Crippen LogP contribution >= 0.6 is 0 Å². The maximum atomic E-state index is 12.9. The molecule has 0 unspecified atom stereocenters. The van der Waals surface area contributed by atoms with E-state index < -0.39 is 16.1 Å². The maximum absolute atomic E-state index is 12.9. The number of para-hydroxylation sites is 1. The van der Waals surface area contributed by atoms with Gasteiger partial charge in [-0.3, -0.25) is 9.10 Å². The lowest BCUT2D eigenvalue weighted by molar-refractivity contribution is -0.119. The van der Waals surface area contributed by atoms with Crippen LogP contribution in [0, 0.1) is 13.8 Å². The molecular weight excluding hydrogens is 336 g/mol. The highest BCUT2D eigenvalue weighted by molar-refractivity contribution is 7.92. The molecule has 1 amide bonds. The van der Waals surface area contributed by atoms with Crippen molar-refractivity contribution in [3.05, 3.63) is 59.7 Å². The number of likely N-dealkylation sites (N-methyl/N-ethyl adjacent to an activating group) is 1. The van der Waals surface area contributed by atoms with Gasteiger partial charge in [0.1, 0.15) is 6.04 Å². The van der Waals surface area contributed by atoms with Gasteiger partial charge >= 0.3 is 0 Å². The molecule has 0 bridgehead atoms. The Morgan fingerprint density at radius 2 is 1.48 bits per heavy atom. The molecule has 2 aromatic carbocycles. The molecule has 2 aromatic rings. The van der Waals surface area contributed by atoms with Crippen molar-refractivity contribution >= 4 is 27.3 Å². The molecule has 0 fully saturated rings. The number of carbonyl (C=O) groups is 1. The fourth-order valence-corrected chi connectivity index (χ4v) is 4.09. The molecule has 0 aliphatic rings. The third kappa shape index (κ3) is 4.39. The maximum Gasteiger partial charge on any atom is 0.250 e. The lowest BCUT2D eigenvalue weighted by Crippen LogP contribution is -2.48. The summed E-state index contributed by atoms with van der Waals surface area (Å²) < 4.78 is 26.0. The minimum Gasteiger partial charge on any atom is -0.314 e. The summed E-state index contributed by atoms with van der Waals surface area (Å²) in [5.74, 6) is -0.296. The van der Waals surface area contributed by atoms with Gasteiger partial charge in [-0.25, -0.2) is 8.42 Å². The zero-order valence-electron chi connectivity index (χ0n) is 15.2. The quantitative estimate of drug-likeness (QED) is 0.823. The molecule has 1 atom stereocenters. The molecule has 0 saturated heterocycles. The van der Waals surface area contributed by atoms with Gasteiger partial charge in [0.2, 0.25) is 15.9 Å². The Labute approximate surface area is 149 Å². The van der Waals surface area contributed by atoms with Crippen LogP contribution in [0.1, 0.15) is 18.1 Å². The molecule has 0 aliphatic heterocycles. The van der Waals surface area contributed by atoms with Crippen molar-refractivity contribution in [3.63, 3.8) is 0 Å². The van der Waals surface area contributed by atoms with Crippen LogP contribution in [-0.4, -0.2) is 33.7 Å². The number of rotatable bonds is 5. The predicted molar refractivity (Wildman–Crippen MR) is 103 cm³/mol. The van der Waals surface area contributed by atoms with E-state index in [-0.39, 0.29) is 5.91 Å². The SMILES string of the molecule is Cc1cc(C)cc(N([C@H](C)C(=O)N(C)c2ccccc2)S(C)(=O)=O)c1. The Morgan fingerprint density at radius 3 is 1.96 bits per heavy atom. The van der Waals surface area contributed by atoms with Crippen molar-refractivity contribution in [1.82, 2.24) is 0 Å². The normalized spacial score (nSPS) is 12.5. The summed E-state index contributed by atoms with van der Waals surface area (Å²) in [6.45, 7) is 5.42. The second kappa shape index (κ2) is 7.27. The summed E-state index contributed by atoms with van der Waals surface area (Å²) in [4.78, 5) is 14.4. The van der Waals surface area contributed by atoms with E-state index in [9.17, 15) is 13.2 Å². The van der Waals surface area contributed by atoms with Crippen molar-refractivity contribution in [2.24, 2.45) is 0 Å². The lowest BCUT2D eigenvalue weighted by Gasteiger charge is -2.31. The Morgan fingerprint density at radius 1 is 0.960 bits per heavy atom. The second-order valence-electron chi connectivity index (χ2n) is 6.31. The Balaban J connectivity index is 2.43. The van der Waals surface area contributed by atoms with E-state index in [4.69, 9.17) is 0 Å². The first-order valence-electron chi connectivity index (χ1n) is 8.01. The van der Waals surface area contributed by atoms with Gasteiger partial charge in [0, 0.05) is 12.7 Å². The summed E-state index contributed by atoms with van der Waals surface area (Å²) in [7, 11) is -1.98. The number of benzene rings is 2. The number of carbonyl (C=O) groups excluding carboxylic acids is 1. The highest BCUT2D eigenvalue weighted by atomic mass is 32.2. The van der Waals surface area contributed by atoms with E-state index in [1.54, 1.807) is 26.1 Å². The molecule has 0 N–H and O–H groups in total. The molecule has 0 radical (unpaired) electrons. The standard InChI is InChI=1S/C19H24N2O3S/c1-14-11-15(2)13-18(12-14)21(25(5,23)24)16(3)19(22)20(4)17-9-7-6-8-10-17/h6-13,16H,1-5H3/t16-/m1/s1. The van der Waals surface area contributed by atoms with Crippen LogP contribution in [0.3, 0.4) is 0 Å². The van der Waals surface area contributed by atoms with Gasteiger partial charge in [-0.2, -0.15) is 0 Å². The number of nitrogens with zero attached hydrogens (tertiary/aromatic N) is 2. The Hall–Kier alpha value is -2.34. The fourth-order valence-electron chi connectivity index (χ4n) is 2.94. The first-order valence-corrected chi connectivity index (χ1v) is 9.86. The van der Waals surface area contributed by atoms with Gasteiger partial charge in [0.05, 0.1) is 11.9 Å². The van der Waals surface area contributed by atoms with Crippen molar-refractivity contribution in [2.45, 2.75) is 26.8 Å². The van der Waals surface area contributed by atoms with Crippen molar-refractivity contribution in [2.75, 3.05) is 22.5 Å². The molecule has 0 aromatic heterocycles. The van der Waals surface area contributed by atoms with E-state index in [0.29, 0.717) is 11.4 Å². The summed E-state index contributed by atoms with van der Waals surface area (Å²) in [5, 5.41) is 0. The molecular formula is C19H24N2O3S. The molecule has 0 saturated carbocycles. The third-order valence-corrected chi connectivity index (χ3v) is 5.24. The van der Waals surface area contributed by atoms with Gasteiger partial charge in [-0.15, -0.1) is 0 Å². The number of amides is 1. The van der Waals surface area contributed by atoms with Gasteiger partial charge in [0.15, 0.2) is 0 Å². The van der Waals surface area contributed by atoms with Crippen LogP contribution in [0.5, 0.6) is 0 Å². The zero-order valence-corrected chi connectivity index (χ0v) is 16.0. The van der Waals surface area contributed by atoms with Crippen LogP contribution < -0.4 is 9.21 Å². The zero-order chi connectivity index (χ0) is 18.8. The highest BCUT2D eigenvalue weighted by Crippen LogP contribution is 2.25. The minimum absolute atomic E-state index is 0.296. The number of hydrogen-bond donors (Lipinski definition) is 0. The molecule has 0 heterocycles. The van der Waals surface area contributed by atoms with E-state index in [0.717, 1.165) is 17.4 Å². The first kappa shape index (κ1) is 19.0. The molecule has 0 aliphatic carbocycles. The van der Waals surface area contributed by atoms with Gasteiger partial charge in [-0.1, -0.05) is 24.3 Å². The second-order valence-corrected chi connectivity index (χ2v) is 8.17. The Kier molecular flexibility index (Phi) is 5.52. The summed E-state index contributed by atoms with van der Waals surface area (Å²) in [5.41, 5.74) is 3.11. The number of aryl methyl sites for hydroxylation is 2. The highest BCUT2D eigenvalue weighted by Gasteiger charge is 2.31. The summed E-state index contributed by atoms with van der Waals surface area (Å²) >= 11 is 0. The summed E-state index contributed by atoms with van der Waals surface area (Å²) in [6.07, 6.45) is 1.12. The Bertz CT molecular complexity index is 843. The summed E-state index contributed by atoms with van der Waals surface area (Å²) in [6, 6.07) is 13.8. The van der Waals surface area contributed by atoms with Crippen LogP contribution in [-0.2, 0) is 14.8 Å². The average molecular weight is 360 g/mol. The van der Waals surface area contributed by atoms with Crippen molar-refractivity contribution in [1.29, 1.82) is 0 Å². The topological polar surface area (TPSA) is 57.7 Å². The van der Waals surface area contributed by atoms with Crippen molar-refractivity contribution < 1.29 is 13.2 Å². The molecule has 25 heavy (non-hydrogen) atoms. The van der Waals surface area contributed by atoms with Crippen LogP contribution in [0.25, 0.3) is 0 Å². The largest absolute Gasteiger partial charge is 0.314 e. The van der Waals surface area contributed by atoms with E-state index in [1.165, 1.54) is 9.21 Å². The molecule has 0 spiro atoms. The smallest absolute Gasteiger partial charge is 0.250 e. The third-order valence-electron chi connectivity index (χ3n) is 4.00. The average Bonchev–Trinajstić information content (AvgIpc) is 2.52. The molecule has 2 rings (SSSR count). The lowest BCUT2D eigenvalue weighted by atomic mass is 10.1. The predicted octanol–water partition coefficient (Wildman–Crippen LogP) is 3.12. The van der Waals surface area contributed by atoms with Gasteiger partial charge < -0.3 is 4.90 Å². The van der Waals surface area contributed by atoms with Gasteiger partial charge in [-0.05, 0) is 56.2 Å². The van der Waals surface area contributed by atoms with Crippen LogP contribution in [0.2, 0.25) is 0 Å². The number of sulfonamides is 1. The first-order chi connectivity index (χ1) is 11.6. The number of anilines is 2. The fraction of sp³-hybridized carbons (Fsp3) is 0.316. The minimum atomic E-state index is -3.63. The number of hydrogen-bond acceptors (Lipinski definition) is 3. The van der Waals surface area contributed by atoms with Crippen molar-refractivity contribution in [3.8, 4) is 0 Å². The van der Waals surface area contributed by atoms with Crippen LogP contribution in [0.4, 0.5) is 11.4 Å². The van der Waals surface area contributed by atoms with Gasteiger partial charge in [0.25, 0.3) is 0 Å². The molecule has 6 heteroatoms.